The third-order valence-corrected chi connectivity index (χ3v) is 3.52. The van der Waals surface area contributed by atoms with Crippen LogP contribution in [0.2, 0.25) is 0 Å². The van der Waals surface area contributed by atoms with Gasteiger partial charge in [-0.15, -0.1) is 0 Å². The lowest BCUT2D eigenvalue weighted by atomic mass is 10.2. The molecule has 5 nitrogen and oxygen atoms in total. The number of ether oxygens (including phenoxy) is 3. The van der Waals surface area contributed by atoms with Crippen molar-refractivity contribution in [2.75, 3.05) is 26.4 Å². The molecule has 1 aliphatic rings. The van der Waals surface area contributed by atoms with Crippen LogP contribution in [-0.2, 0) is 20.8 Å². The van der Waals surface area contributed by atoms with E-state index in [4.69, 9.17) is 14.2 Å². The molecule has 1 fully saturated rings. The van der Waals surface area contributed by atoms with Crippen molar-refractivity contribution in [3.63, 3.8) is 0 Å². The van der Waals surface area contributed by atoms with Crippen LogP contribution >= 0.6 is 0 Å². The highest BCUT2D eigenvalue weighted by atomic mass is 19.3. The summed E-state index contributed by atoms with van der Waals surface area (Å²) in [5.41, 5.74) is 0.195. The summed E-state index contributed by atoms with van der Waals surface area (Å²) in [7, 11) is 0. The van der Waals surface area contributed by atoms with Gasteiger partial charge in [-0.05, 0) is 26.3 Å². The van der Waals surface area contributed by atoms with E-state index in [9.17, 15) is 13.6 Å². The van der Waals surface area contributed by atoms with Gasteiger partial charge in [-0.1, -0.05) is 30.3 Å². The third kappa shape index (κ3) is 6.59. The van der Waals surface area contributed by atoms with Crippen LogP contribution in [0.4, 0.5) is 13.6 Å². The van der Waals surface area contributed by atoms with E-state index in [1.807, 2.05) is 30.3 Å². The van der Waals surface area contributed by atoms with Gasteiger partial charge in [0.25, 0.3) is 5.92 Å². The maximum Gasteiger partial charge on any atom is 0.410 e. The van der Waals surface area contributed by atoms with Crippen molar-refractivity contribution in [3.8, 4) is 0 Å². The zero-order valence-corrected chi connectivity index (χ0v) is 14.8. The Bertz CT molecular complexity index is 560. The van der Waals surface area contributed by atoms with Crippen molar-refractivity contribution in [2.45, 2.75) is 44.9 Å². The van der Waals surface area contributed by atoms with Crippen LogP contribution in [0.3, 0.4) is 0 Å². The number of carbonyl (C=O) groups excluding carboxylic acids is 1. The molecule has 0 radical (unpaired) electrons. The minimum Gasteiger partial charge on any atom is -0.444 e. The number of hydrogen-bond donors (Lipinski definition) is 0. The van der Waals surface area contributed by atoms with Crippen LogP contribution in [0.25, 0.3) is 0 Å². The Kier molecular flexibility index (Phi) is 6.35. The second kappa shape index (κ2) is 8.10. The highest BCUT2D eigenvalue weighted by Crippen LogP contribution is 2.23. The zero-order chi connectivity index (χ0) is 18.5. The van der Waals surface area contributed by atoms with Crippen molar-refractivity contribution in [1.82, 2.24) is 4.90 Å². The summed E-state index contributed by atoms with van der Waals surface area (Å²) >= 11 is 0. The maximum absolute atomic E-state index is 13.9. The van der Waals surface area contributed by atoms with Crippen LogP contribution < -0.4 is 0 Å². The SMILES string of the molecule is CC(C)(C)OC(=O)N1CC(F)(F)COCC1COCc1ccccc1. The molecule has 0 aromatic heterocycles. The molecule has 140 valence electrons. The predicted molar refractivity (Wildman–Crippen MR) is 88.6 cm³/mol. The van der Waals surface area contributed by atoms with Gasteiger partial charge < -0.3 is 14.2 Å². The van der Waals surface area contributed by atoms with Gasteiger partial charge in [0.15, 0.2) is 0 Å². The normalized spacial score (nSPS) is 20.8. The van der Waals surface area contributed by atoms with Gasteiger partial charge in [-0.3, -0.25) is 4.90 Å². The first kappa shape index (κ1) is 19.6. The maximum atomic E-state index is 13.9. The molecule has 0 N–H and O–H groups in total. The molecule has 25 heavy (non-hydrogen) atoms. The molecule has 1 unspecified atom stereocenters. The monoisotopic (exact) mass is 357 g/mol. The summed E-state index contributed by atoms with van der Waals surface area (Å²) in [4.78, 5) is 13.4. The van der Waals surface area contributed by atoms with E-state index in [-0.39, 0.29) is 13.2 Å². The van der Waals surface area contributed by atoms with Crippen LogP contribution in [0.1, 0.15) is 26.3 Å². The van der Waals surface area contributed by atoms with E-state index in [1.54, 1.807) is 20.8 Å². The number of alkyl halides is 2. The summed E-state index contributed by atoms with van der Waals surface area (Å²) in [5.74, 6) is -3.12. The minimum atomic E-state index is -3.12. The van der Waals surface area contributed by atoms with Gasteiger partial charge in [0.1, 0.15) is 12.2 Å². The van der Waals surface area contributed by atoms with Gasteiger partial charge >= 0.3 is 6.09 Å². The van der Waals surface area contributed by atoms with Gasteiger partial charge in [-0.25, -0.2) is 13.6 Å². The lowest BCUT2D eigenvalue weighted by Gasteiger charge is -2.32. The summed E-state index contributed by atoms with van der Waals surface area (Å²) in [6, 6.07) is 8.86. The number of carbonyl (C=O) groups is 1. The molecule has 7 heteroatoms. The van der Waals surface area contributed by atoms with Crippen molar-refractivity contribution in [3.05, 3.63) is 35.9 Å². The first-order valence-electron chi connectivity index (χ1n) is 8.23. The summed E-state index contributed by atoms with van der Waals surface area (Å²) < 4.78 is 43.6. The van der Waals surface area contributed by atoms with Gasteiger partial charge in [0.05, 0.1) is 32.4 Å². The molecule has 1 heterocycles. The van der Waals surface area contributed by atoms with Crippen LogP contribution in [0.5, 0.6) is 0 Å². The highest BCUT2D eigenvalue weighted by Gasteiger charge is 2.41. The smallest absolute Gasteiger partial charge is 0.410 e. The molecule has 0 saturated carbocycles. The molecule has 1 aromatic carbocycles. The van der Waals surface area contributed by atoms with Gasteiger partial charge in [0.2, 0.25) is 0 Å². The van der Waals surface area contributed by atoms with Crippen LogP contribution in [0, 0.1) is 0 Å². The minimum absolute atomic E-state index is 0.0242. The highest BCUT2D eigenvalue weighted by molar-refractivity contribution is 5.68. The zero-order valence-electron chi connectivity index (χ0n) is 14.8. The Morgan fingerprint density at radius 3 is 2.64 bits per heavy atom. The second-order valence-corrected chi connectivity index (χ2v) is 7.13. The summed E-state index contributed by atoms with van der Waals surface area (Å²) in [6.07, 6.45) is -0.786. The first-order valence-corrected chi connectivity index (χ1v) is 8.23. The quantitative estimate of drug-likeness (QED) is 0.828. The van der Waals surface area contributed by atoms with Crippen molar-refractivity contribution in [1.29, 1.82) is 0 Å². The molecule has 1 amide bonds. The number of benzene rings is 1. The molecular formula is C18H25F2NO4. The Morgan fingerprint density at radius 1 is 1.32 bits per heavy atom. The largest absolute Gasteiger partial charge is 0.444 e. The van der Waals surface area contributed by atoms with E-state index in [0.29, 0.717) is 6.61 Å². The molecule has 0 bridgehead atoms. The lowest BCUT2D eigenvalue weighted by Crippen LogP contribution is -2.50. The van der Waals surface area contributed by atoms with Gasteiger partial charge in [-0.2, -0.15) is 0 Å². The first-order chi connectivity index (χ1) is 11.7. The molecule has 0 spiro atoms. The summed E-state index contributed by atoms with van der Waals surface area (Å²) in [6.45, 7) is 4.00. The molecular weight excluding hydrogens is 332 g/mol. The van der Waals surface area contributed by atoms with E-state index >= 15 is 0 Å². The van der Waals surface area contributed by atoms with E-state index in [1.165, 1.54) is 0 Å². The fourth-order valence-corrected chi connectivity index (χ4v) is 2.42. The predicted octanol–water partition coefficient (Wildman–Crippen LogP) is 3.47. The molecule has 1 aliphatic heterocycles. The van der Waals surface area contributed by atoms with Crippen molar-refractivity contribution < 1.29 is 27.8 Å². The van der Waals surface area contributed by atoms with Crippen LogP contribution in [0.15, 0.2) is 30.3 Å². The van der Waals surface area contributed by atoms with E-state index in [0.717, 1.165) is 10.5 Å². The molecule has 1 atom stereocenters. The fraction of sp³-hybridized carbons (Fsp3) is 0.611. The molecule has 2 rings (SSSR count). The number of hydrogen-bond acceptors (Lipinski definition) is 4. The Balaban J connectivity index is 2.02. The molecule has 1 aromatic rings. The third-order valence-electron chi connectivity index (χ3n) is 3.52. The molecule has 0 aliphatic carbocycles. The van der Waals surface area contributed by atoms with E-state index < -0.39 is 36.8 Å². The number of nitrogens with zero attached hydrogens (tertiary/aromatic N) is 1. The number of halogens is 2. The molecule has 1 saturated heterocycles. The lowest BCUT2D eigenvalue weighted by molar-refractivity contribution is -0.0703. The Hall–Kier alpha value is -1.73. The summed E-state index contributed by atoms with van der Waals surface area (Å²) in [5, 5.41) is 0. The topological polar surface area (TPSA) is 48.0 Å². The van der Waals surface area contributed by atoms with E-state index in [2.05, 4.69) is 0 Å². The average molecular weight is 357 g/mol. The van der Waals surface area contributed by atoms with Crippen molar-refractivity contribution in [2.24, 2.45) is 0 Å². The van der Waals surface area contributed by atoms with Gasteiger partial charge in [0, 0.05) is 0 Å². The fourth-order valence-electron chi connectivity index (χ4n) is 2.42. The number of amides is 1. The standard InChI is InChI=1S/C18H25F2NO4/c1-17(2,3)25-16(22)21-12-18(19,20)13-24-11-15(21)10-23-9-14-7-5-4-6-8-14/h4-8,15H,9-13H2,1-3H3. The Labute approximate surface area is 146 Å². The van der Waals surface area contributed by atoms with Crippen LogP contribution in [-0.4, -0.2) is 54.9 Å². The average Bonchev–Trinajstić information content (AvgIpc) is 2.65. The Morgan fingerprint density at radius 2 is 2.00 bits per heavy atom. The van der Waals surface area contributed by atoms with Crippen molar-refractivity contribution >= 4 is 6.09 Å². The second-order valence-electron chi connectivity index (χ2n) is 7.13. The number of rotatable bonds is 4.